The molecule has 106 valence electrons. The molecule has 0 N–H and O–H groups in total. The Kier molecular flexibility index (Phi) is 6.08. The Balaban J connectivity index is 2.86. The molecule has 0 unspecified atom stereocenters. The molecule has 0 spiro atoms. The molecule has 0 bridgehead atoms. The summed E-state index contributed by atoms with van der Waals surface area (Å²) in [6.07, 6.45) is 2.44. The summed E-state index contributed by atoms with van der Waals surface area (Å²) in [4.78, 5) is 12.2. The maximum atomic E-state index is 12.2. The molecule has 0 aliphatic carbocycles. The third-order valence-electron chi connectivity index (χ3n) is 3.25. The van der Waals surface area contributed by atoms with Crippen molar-refractivity contribution >= 4 is 17.5 Å². The fourth-order valence-electron chi connectivity index (χ4n) is 1.95. The van der Waals surface area contributed by atoms with Crippen molar-refractivity contribution in [2.45, 2.75) is 38.5 Å². The van der Waals surface area contributed by atoms with E-state index >= 15 is 0 Å². The van der Waals surface area contributed by atoms with Crippen LogP contribution in [-0.2, 0) is 9.53 Å². The average molecular weight is 280 g/mol. The van der Waals surface area contributed by atoms with Crippen LogP contribution in [0.3, 0.4) is 0 Å². The molecule has 19 heavy (non-hydrogen) atoms. The Hall–Kier alpha value is -0.800. The molecule has 0 saturated heterocycles. The largest absolute Gasteiger partial charge is 0.379 e. The highest BCUT2D eigenvalue weighted by Crippen LogP contribution is 2.34. The third-order valence-corrected chi connectivity index (χ3v) is 4.33. The smallest absolute Gasteiger partial charge is 0.140 e. The molecule has 3 heteroatoms. The Labute approximate surface area is 120 Å². The zero-order valence-electron chi connectivity index (χ0n) is 12.5. The fraction of sp³-hybridized carbons (Fsp3) is 0.562. The van der Waals surface area contributed by atoms with Crippen LogP contribution in [0.5, 0.6) is 0 Å². The number of carbonyl (C=O) groups is 1. The molecular weight excluding hydrogens is 256 g/mol. The first-order valence-electron chi connectivity index (χ1n) is 6.54. The molecule has 2 atom stereocenters. The van der Waals surface area contributed by atoms with E-state index in [4.69, 9.17) is 4.74 Å². The summed E-state index contributed by atoms with van der Waals surface area (Å²) in [5.41, 5.74) is 0.903. The second-order valence-electron chi connectivity index (χ2n) is 5.72. The number of thioether (sulfide) groups is 1. The van der Waals surface area contributed by atoms with Crippen LogP contribution in [0, 0.1) is 5.41 Å². The summed E-state index contributed by atoms with van der Waals surface area (Å²) in [5.74, 6) is 0.245. The lowest BCUT2D eigenvalue weighted by Gasteiger charge is -2.27. The van der Waals surface area contributed by atoms with Crippen molar-refractivity contribution in [3.63, 3.8) is 0 Å². The monoisotopic (exact) mass is 280 g/mol. The van der Waals surface area contributed by atoms with Gasteiger partial charge in [-0.15, -0.1) is 0 Å². The third kappa shape index (κ3) is 4.66. The van der Waals surface area contributed by atoms with Gasteiger partial charge in [-0.3, -0.25) is 4.79 Å². The number of benzene rings is 1. The molecule has 0 aliphatic heterocycles. The van der Waals surface area contributed by atoms with Gasteiger partial charge in [0, 0.05) is 18.9 Å². The average Bonchev–Trinajstić information content (AvgIpc) is 2.38. The van der Waals surface area contributed by atoms with Gasteiger partial charge in [-0.1, -0.05) is 51.1 Å². The predicted octanol–water partition coefficient (Wildman–Crippen LogP) is 4.11. The molecule has 2 nitrogen and oxygen atoms in total. The van der Waals surface area contributed by atoms with E-state index in [-0.39, 0.29) is 22.6 Å². The molecule has 1 rings (SSSR count). The van der Waals surface area contributed by atoms with Crippen LogP contribution in [0.25, 0.3) is 0 Å². The normalized spacial score (nSPS) is 15.0. The van der Waals surface area contributed by atoms with Crippen molar-refractivity contribution in [2.24, 2.45) is 5.41 Å². The van der Waals surface area contributed by atoms with E-state index in [1.54, 1.807) is 18.9 Å². The number of carbonyl (C=O) groups excluding carboxylic acids is 1. The van der Waals surface area contributed by atoms with Gasteiger partial charge in [-0.25, -0.2) is 0 Å². The lowest BCUT2D eigenvalue weighted by Crippen LogP contribution is -2.29. The minimum Gasteiger partial charge on any atom is -0.379 e. The molecule has 0 amide bonds. The zero-order valence-corrected chi connectivity index (χ0v) is 13.3. The van der Waals surface area contributed by atoms with Gasteiger partial charge in [0.1, 0.15) is 5.78 Å². The Morgan fingerprint density at radius 2 is 1.84 bits per heavy atom. The summed E-state index contributed by atoms with van der Waals surface area (Å²) < 4.78 is 5.58. The van der Waals surface area contributed by atoms with Crippen LogP contribution in [-0.4, -0.2) is 25.3 Å². The number of methoxy groups -OCH3 is 1. The maximum Gasteiger partial charge on any atom is 0.140 e. The number of rotatable bonds is 6. The molecule has 1 aromatic rings. The first-order chi connectivity index (χ1) is 8.90. The highest BCUT2D eigenvalue weighted by Gasteiger charge is 2.29. The number of Topliss-reactive ketones (excluding diaryl/α,β-unsaturated/α-hetero) is 1. The standard InChI is InChI=1S/C16H24O2S/c1-16(2,3)14(17)11-13(18-4)15(19-5)12-9-7-6-8-10-12/h6-10,13,15H,11H2,1-5H3/t13-,15-/m0/s1. The number of hydrogen-bond acceptors (Lipinski definition) is 3. The molecular formula is C16H24O2S. The lowest BCUT2D eigenvalue weighted by atomic mass is 9.86. The van der Waals surface area contributed by atoms with Gasteiger partial charge >= 0.3 is 0 Å². The minimum absolute atomic E-state index is 0.0795. The van der Waals surface area contributed by atoms with Crippen molar-refractivity contribution in [1.29, 1.82) is 0 Å². The molecule has 0 heterocycles. The van der Waals surface area contributed by atoms with Gasteiger partial charge in [0.2, 0.25) is 0 Å². The van der Waals surface area contributed by atoms with E-state index in [9.17, 15) is 4.79 Å². The van der Waals surface area contributed by atoms with Gasteiger partial charge in [-0.05, 0) is 11.8 Å². The van der Waals surface area contributed by atoms with Crippen molar-refractivity contribution < 1.29 is 9.53 Å². The van der Waals surface area contributed by atoms with E-state index in [0.717, 1.165) is 0 Å². The molecule has 0 fully saturated rings. The SMILES string of the molecule is CO[C@@H](CC(=O)C(C)(C)C)[C@@H](SC)c1ccccc1. The van der Waals surface area contributed by atoms with Gasteiger partial charge in [0.05, 0.1) is 11.4 Å². The van der Waals surface area contributed by atoms with E-state index in [2.05, 4.69) is 18.4 Å². The highest BCUT2D eigenvalue weighted by atomic mass is 32.2. The topological polar surface area (TPSA) is 26.3 Å². The van der Waals surface area contributed by atoms with Gasteiger partial charge in [-0.2, -0.15) is 11.8 Å². The van der Waals surface area contributed by atoms with E-state index in [1.807, 2.05) is 39.0 Å². The summed E-state index contributed by atoms with van der Waals surface area (Å²) in [6, 6.07) is 10.2. The van der Waals surface area contributed by atoms with Crippen molar-refractivity contribution in [3.8, 4) is 0 Å². The summed E-state index contributed by atoms with van der Waals surface area (Å²) in [6.45, 7) is 5.87. The maximum absolute atomic E-state index is 12.2. The van der Waals surface area contributed by atoms with E-state index in [0.29, 0.717) is 6.42 Å². The van der Waals surface area contributed by atoms with E-state index < -0.39 is 0 Å². The molecule has 0 aliphatic rings. The zero-order chi connectivity index (χ0) is 14.5. The van der Waals surface area contributed by atoms with Crippen molar-refractivity contribution in [3.05, 3.63) is 35.9 Å². The predicted molar refractivity (Wildman–Crippen MR) is 82.6 cm³/mol. The second kappa shape index (κ2) is 7.11. The number of ketones is 1. The van der Waals surface area contributed by atoms with E-state index in [1.165, 1.54) is 5.56 Å². The lowest BCUT2D eigenvalue weighted by molar-refractivity contribution is -0.128. The van der Waals surface area contributed by atoms with Crippen LogP contribution in [0.15, 0.2) is 30.3 Å². The van der Waals surface area contributed by atoms with Crippen molar-refractivity contribution in [2.75, 3.05) is 13.4 Å². The second-order valence-corrected chi connectivity index (χ2v) is 6.70. The Bertz CT molecular complexity index is 395. The quantitative estimate of drug-likeness (QED) is 0.784. The highest BCUT2D eigenvalue weighted by molar-refractivity contribution is 7.98. The summed E-state index contributed by atoms with van der Waals surface area (Å²) >= 11 is 1.73. The summed E-state index contributed by atoms with van der Waals surface area (Å²) in [7, 11) is 1.69. The number of ether oxygens (including phenoxy) is 1. The minimum atomic E-state index is -0.309. The Morgan fingerprint density at radius 1 is 1.26 bits per heavy atom. The molecule has 0 radical (unpaired) electrons. The van der Waals surface area contributed by atoms with Crippen LogP contribution in [0.4, 0.5) is 0 Å². The first kappa shape index (κ1) is 16.3. The molecule has 0 aromatic heterocycles. The van der Waals surface area contributed by atoms with Gasteiger partial charge in [0.25, 0.3) is 0 Å². The first-order valence-corrected chi connectivity index (χ1v) is 7.82. The molecule has 1 aromatic carbocycles. The summed E-state index contributed by atoms with van der Waals surface area (Å²) in [5, 5.41) is 0.192. The van der Waals surface area contributed by atoms with Crippen LogP contribution in [0.1, 0.15) is 38.0 Å². The Morgan fingerprint density at radius 3 is 2.26 bits per heavy atom. The van der Waals surface area contributed by atoms with Crippen LogP contribution >= 0.6 is 11.8 Å². The van der Waals surface area contributed by atoms with Crippen LogP contribution in [0.2, 0.25) is 0 Å². The van der Waals surface area contributed by atoms with Crippen molar-refractivity contribution in [1.82, 2.24) is 0 Å². The van der Waals surface area contributed by atoms with Crippen LogP contribution < -0.4 is 0 Å². The van der Waals surface area contributed by atoms with Gasteiger partial charge in [0.15, 0.2) is 0 Å². The fourth-order valence-corrected chi connectivity index (χ4v) is 2.89. The van der Waals surface area contributed by atoms with Gasteiger partial charge < -0.3 is 4.74 Å². The molecule has 0 saturated carbocycles. The number of hydrogen-bond donors (Lipinski definition) is 0.